The molecule has 186 valence electrons. The predicted molar refractivity (Wildman–Crippen MR) is 130 cm³/mol. The van der Waals surface area contributed by atoms with Crippen LogP contribution in [0.1, 0.15) is 49.1 Å². The highest BCUT2D eigenvalue weighted by molar-refractivity contribution is 5.85. The highest BCUT2D eigenvalue weighted by Gasteiger charge is 2.31. The number of alkyl carbamates (subject to hydrolysis) is 1. The lowest BCUT2D eigenvalue weighted by atomic mass is 9.92. The van der Waals surface area contributed by atoms with E-state index < -0.39 is 36.5 Å². The number of benzene rings is 2. The van der Waals surface area contributed by atoms with Gasteiger partial charge in [0.25, 0.3) is 0 Å². The molecule has 2 atom stereocenters. The van der Waals surface area contributed by atoms with Gasteiger partial charge in [0.05, 0.1) is 12.5 Å². The molecule has 2 amide bonds. The molecule has 0 aliphatic heterocycles. The molecule has 2 aliphatic rings. The maximum atomic E-state index is 12.8. The van der Waals surface area contributed by atoms with Crippen LogP contribution in [0.15, 0.2) is 48.5 Å². The lowest BCUT2D eigenvalue weighted by Gasteiger charge is -2.22. The van der Waals surface area contributed by atoms with Crippen molar-refractivity contribution in [2.75, 3.05) is 19.8 Å². The van der Waals surface area contributed by atoms with E-state index in [2.05, 4.69) is 22.8 Å². The molecule has 4 rings (SSSR count). The van der Waals surface area contributed by atoms with Gasteiger partial charge in [0.2, 0.25) is 5.91 Å². The topological polar surface area (TPSA) is 125 Å². The number of carboxylic acids is 1. The van der Waals surface area contributed by atoms with Crippen LogP contribution in [0.3, 0.4) is 0 Å². The number of aliphatic hydroxyl groups is 1. The smallest absolute Gasteiger partial charge is 0.407 e. The molecule has 2 aromatic carbocycles. The van der Waals surface area contributed by atoms with Gasteiger partial charge in [-0.05, 0) is 34.6 Å². The summed E-state index contributed by atoms with van der Waals surface area (Å²) in [5.41, 5.74) is 4.51. The Bertz CT molecular complexity index is 1020. The average Bonchev–Trinajstić information content (AvgIpc) is 3.49. The first-order valence-corrected chi connectivity index (χ1v) is 12.2. The van der Waals surface area contributed by atoms with Gasteiger partial charge < -0.3 is 25.6 Å². The van der Waals surface area contributed by atoms with Crippen LogP contribution in [-0.2, 0) is 14.3 Å². The van der Waals surface area contributed by atoms with Crippen LogP contribution in [0, 0.1) is 11.8 Å². The van der Waals surface area contributed by atoms with Crippen molar-refractivity contribution in [2.24, 2.45) is 11.8 Å². The van der Waals surface area contributed by atoms with Crippen molar-refractivity contribution >= 4 is 18.0 Å². The van der Waals surface area contributed by atoms with Crippen LogP contribution in [0.5, 0.6) is 0 Å². The minimum Gasteiger partial charge on any atom is -0.480 e. The normalized spacial score (nSPS) is 16.7. The Labute approximate surface area is 204 Å². The third kappa shape index (κ3) is 5.82. The van der Waals surface area contributed by atoms with E-state index in [1.165, 1.54) is 0 Å². The summed E-state index contributed by atoms with van der Waals surface area (Å²) in [4.78, 5) is 36.6. The molecule has 35 heavy (non-hydrogen) atoms. The second kappa shape index (κ2) is 11.4. The number of fused-ring (bicyclic) bond motifs is 3. The monoisotopic (exact) mass is 480 g/mol. The van der Waals surface area contributed by atoms with E-state index in [1.807, 2.05) is 36.4 Å². The van der Waals surface area contributed by atoms with Gasteiger partial charge in [-0.25, -0.2) is 9.59 Å². The third-order valence-corrected chi connectivity index (χ3v) is 7.10. The minimum atomic E-state index is -1.37. The number of carboxylic acid groups (broad SMARTS) is 1. The molecule has 1 saturated carbocycles. The Kier molecular flexibility index (Phi) is 8.02. The zero-order valence-corrected chi connectivity index (χ0v) is 19.6. The summed E-state index contributed by atoms with van der Waals surface area (Å²) in [7, 11) is 0. The molecule has 0 heterocycles. The zero-order valence-electron chi connectivity index (χ0n) is 19.6. The summed E-state index contributed by atoms with van der Waals surface area (Å²) in [6.45, 7) is -0.487. The van der Waals surface area contributed by atoms with Crippen molar-refractivity contribution in [2.45, 2.75) is 44.1 Å². The number of hydrogen-bond acceptors (Lipinski definition) is 5. The van der Waals surface area contributed by atoms with Gasteiger partial charge >= 0.3 is 12.1 Å². The van der Waals surface area contributed by atoms with Crippen molar-refractivity contribution < 1.29 is 29.3 Å². The number of amides is 2. The molecule has 0 radical (unpaired) electrons. The summed E-state index contributed by atoms with van der Waals surface area (Å²) in [6, 6.07) is 14.8. The first kappa shape index (κ1) is 24.7. The Balaban J connectivity index is 1.36. The number of aliphatic hydroxyl groups excluding tert-OH is 1. The van der Waals surface area contributed by atoms with E-state index in [0.29, 0.717) is 12.3 Å². The maximum Gasteiger partial charge on any atom is 0.407 e. The standard InChI is InChI=1S/C27H32N2O6/c30-15-24(26(32)33)29-25(31)18(13-17-7-1-2-8-17)14-28-27(34)35-16-23-21-11-5-3-9-19(21)20-10-4-6-12-22(20)23/h3-6,9-12,17-18,23-24,30H,1-2,7-8,13-16H2,(H,28,34)(H,29,31)(H,32,33). The van der Waals surface area contributed by atoms with Crippen LogP contribution in [0.4, 0.5) is 4.79 Å². The molecule has 8 heteroatoms. The lowest BCUT2D eigenvalue weighted by molar-refractivity contribution is -0.143. The van der Waals surface area contributed by atoms with Crippen LogP contribution in [-0.4, -0.2) is 54.0 Å². The Morgan fingerprint density at radius 3 is 2.14 bits per heavy atom. The Morgan fingerprint density at radius 1 is 0.971 bits per heavy atom. The van der Waals surface area contributed by atoms with Gasteiger partial charge in [-0.3, -0.25) is 4.79 Å². The minimum absolute atomic E-state index is 0.0385. The van der Waals surface area contributed by atoms with Gasteiger partial charge in [0.1, 0.15) is 12.6 Å². The number of nitrogens with one attached hydrogen (secondary N) is 2. The van der Waals surface area contributed by atoms with Gasteiger partial charge in [0, 0.05) is 12.5 Å². The van der Waals surface area contributed by atoms with E-state index in [9.17, 15) is 19.5 Å². The zero-order chi connectivity index (χ0) is 24.8. The molecule has 0 bridgehead atoms. The Hall–Kier alpha value is -3.39. The highest BCUT2D eigenvalue weighted by Crippen LogP contribution is 2.44. The summed E-state index contributed by atoms with van der Waals surface area (Å²) < 4.78 is 5.56. The molecular formula is C27H32N2O6. The van der Waals surface area contributed by atoms with Crippen LogP contribution >= 0.6 is 0 Å². The van der Waals surface area contributed by atoms with Crippen LogP contribution in [0.25, 0.3) is 11.1 Å². The molecule has 2 unspecified atom stereocenters. The molecule has 0 saturated heterocycles. The van der Waals surface area contributed by atoms with Gasteiger partial charge in [-0.1, -0.05) is 74.2 Å². The fraction of sp³-hybridized carbons (Fsp3) is 0.444. The number of carbonyl (C=O) groups is 3. The predicted octanol–water partition coefficient (Wildman–Crippen LogP) is 3.28. The second-order valence-electron chi connectivity index (χ2n) is 9.37. The lowest BCUT2D eigenvalue weighted by Crippen LogP contribution is -2.48. The molecule has 8 nitrogen and oxygen atoms in total. The first-order chi connectivity index (χ1) is 17.0. The second-order valence-corrected chi connectivity index (χ2v) is 9.37. The van der Waals surface area contributed by atoms with Crippen molar-refractivity contribution in [3.8, 4) is 11.1 Å². The van der Waals surface area contributed by atoms with Crippen LogP contribution in [0.2, 0.25) is 0 Å². The van der Waals surface area contributed by atoms with Crippen molar-refractivity contribution in [3.05, 3.63) is 59.7 Å². The number of ether oxygens (including phenoxy) is 1. The summed E-state index contributed by atoms with van der Waals surface area (Å²) >= 11 is 0. The van der Waals surface area contributed by atoms with Crippen LogP contribution < -0.4 is 10.6 Å². The van der Waals surface area contributed by atoms with Gasteiger partial charge in [-0.2, -0.15) is 0 Å². The molecule has 0 aromatic heterocycles. The largest absolute Gasteiger partial charge is 0.480 e. The fourth-order valence-electron chi connectivity index (χ4n) is 5.26. The average molecular weight is 481 g/mol. The first-order valence-electron chi connectivity index (χ1n) is 12.2. The molecule has 0 spiro atoms. The van der Waals surface area contributed by atoms with Crippen molar-refractivity contribution in [1.82, 2.24) is 10.6 Å². The van der Waals surface area contributed by atoms with E-state index >= 15 is 0 Å². The van der Waals surface area contributed by atoms with Gasteiger partial charge in [-0.15, -0.1) is 0 Å². The summed E-state index contributed by atoms with van der Waals surface area (Å²) in [5.74, 6) is -2.10. The van der Waals surface area contributed by atoms with Gasteiger partial charge in [0.15, 0.2) is 0 Å². The van der Waals surface area contributed by atoms with E-state index in [1.54, 1.807) is 0 Å². The van der Waals surface area contributed by atoms with Crippen molar-refractivity contribution in [3.63, 3.8) is 0 Å². The van der Waals surface area contributed by atoms with E-state index in [0.717, 1.165) is 47.9 Å². The molecule has 4 N–H and O–H groups in total. The highest BCUT2D eigenvalue weighted by atomic mass is 16.5. The molecule has 1 fully saturated rings. The molecular weight excluding hydrogens is 448 g/mol. The molecule has 2 aliphatic carbocycles. The van der Waals surface area contributed by atoms with E-state index in [4.69, 9.17) is 9.84 Å². The maximum absolute atomic E-state index is 12.8. The number of rotatable bonds is 10. The number of aliphatic carboxylic acids is 1. The fourth-order valence-corrected chi connectivity index (χ4v) is 5.26. The summed E-state index contributed by atoms with van der Waals surface area (Å²) in [6.07, 6.45) is 4.16. The number of carbonyl (C=O) groups excluding carboxylic acids is 2. The SMILES string of the molecule is O=C(NCC(CC1CCCC1)C(=O)NC(CO)C(=O)O)OCC1c2ccccc2-c2ccccc21. The van der Waals surface area contributed by atoms with Crippen molar-refractivity contribution in [1.29, 1.82) is 0 Å². The summed E-state index contributed by atoms with van der Waals surface area (Å²) in [5, 5.41) is 23.5. The third-order valence-electron chi connectivity index (χ3n) is 7.10. The van der Waals surface area contributed by atoms with E-state index in [-0.39, 0.29) is 19.1 Å². The molecule has 2 aromatic rings. The Morgan fingerprint density at radius 2 is 1.57 bits per heavy atom. The number of hydrogen-bond donors (Lipinski definition) is 4. The quantitative estimate of drug-likeness (QED) is 0.414.